The molecule has 124 valence electrons. The van der Waals surface area contributed by atoms with Crippen molar-refractivity contribution in [2.45, 2.75) is 23.5 Å². The number of rotatable bonds is 6. The van der Waals surface area contributed by atoms with Crippen molar-refractivity contribution in [3.63, 3.8) is 0 Å². The van der Waals surface area contributed by atoms with Gasteiger partial charge in [-0.15, -0.1) is 12.4 Å². The highest BCUT2D eigenvalue weighted by atomic mass is 35.5. The summed E-state index contributed by atoms with van der Waals surface area (Å²) in [5, 5.41) is 3.20. The first-order valence-corrected chi connectivity index (χ1v) is 6.60. The van der Waals surface area contributed by atoms with Crippen molar-refractivity contribution in [3.05, 3.63) is 12.4 Å². The largest absolute Gasteiger partial charge is 0.408 e. The molecule has 0 aliphatic heterocycles. The zero-order valence-electron chi connectivity index (χ0n) is 10.3. The van der Waals surface area contributed by atoms with Crippen molar-refractivity contribution >= 4 is 22.4 Å². The normalized spacial score (nSPS) is 13.0. The molecule has 0 saturated heterocycles. The van der Waals surface area contributed by atoms with Crippen LogP contribution in [0.5, 0.6) is 0 Å². The third-order valence-electron chi connectivity index (χ3n) is 2.08. The summed E-state index contributed by atoms with van der Waals surface area (Å²) in [6, 6.07) is 0. The van der Waals surface area contributed by atoms with E-state index < -0.39 is 46.7 Å². The van der Waals surface area contributed by atoms with Crippen molar-refractivity contribution in [2.24, 2.45) is 5.73 Å². The van der Waals surface area contributed by atoms with Gasteiger partial charge in [-0.05, 0) is 0 Å². The van der Waals surface area contributed by atoms with E-state index in [0.717, 1.165) is 0 Å². The Kier molecular flexibility index (Phi) is 6.53. The molecule has 0 atom stereocenters. The fourth-order valence-electron chi connectivity index (χ4n) is 1.11. The molecule has 0 fully saturated rings. The molecule has 0 spiro atoms. The Morgan fingerprint density at radius 1 is 1.29 bits per heavy atom. The van der Waals surface area contributed by atoms with Crippen LogP contribution in [0.3, 0.4) is 0 Å². The summed E-state index contributed by atoms with van der Waals surface area (Å²) in [5.41, 5.74) is 4.72. The van der Waals surface area contributed by atoms with E-state index in [2.05, 4.69) is 5.10 Å². The quantitative estimate of drug-likeness (QED) is 0.734. The van der Waals surface area contributed by atoms with E-state index in [1.807, 2.05) is 0 Å². The Morgan fingerprint density at radius 2 is 1.86 bits per heavy atom. The molecule has 1 aromatic heterocycles. The molecule has 0 amide bonds. The fourth-order valence-corrected chi connectivity index (χ4v) is 2.12. The molecule has 0 unspecified atom stereocenters. The zero-order chi connectivity index (χ0) is 15.6. The maximum absolute atomic E-state index is 12.8. The van der Waals surface area contributed by atoms with Gasteiger partial charge in [-0.25, -0.2) is 21.9 Å². The smallest absolute Gasteiger partial charge is 0.325 e. The van der Waals surface area contributed by atoms with Crippen LogP contribution in [-0.4, -0.2) is 43.4 Å². The molecule has 21 heavy (non-hydrogen) atoms. The number of alkyl halides is 5. The molecule has 3 N–H and O–H groups in total. The van der Waals surface area contributed by atoms with E-state index in [0.29, 0.717) is 17.1 Å². The van der Waals surface area contributed by atoms with Crippen LogP contribution < -0.4 is 10.5 Å². The number of nitrogens with two attached hydrogens (primary N) is 1. The van der Waals surface area contributed by atoms with Gasteiger partial charge in [0.25, 0.3) is 5.92 Å². The van der Waals surface area contributed by atoms with Crippen LogP contribution in [0.15, 0.2) is 17.3 Å². The van der Waals surface area contributed by atoms with Gasteiger partial charge in [0.2, 0.25) is 10.0 Å². The number of halogens is 6. The maximum Gasteiger partial charge on any atom is 0.408 e. The van der Waals surface area contributed by atoms with Gasteiger partial charge < -0.3 is 5.73 Å². The van der Waals surface area contributed by atoms with Crippen LogP contribution in [0.25, 0.3) is 0 Å². The molecule has 0 aliphatic rings. The molecule has 0 bridgehead atoms. The van der Waals surface area contributed by atoms with Gasteiger partial charge in [-0.3, -0.25) is 4.68 Å². The summed E-state index contributed by atoms with van der Waals surface area (Å²) >= 11 is 0. The minimum atomic E-state index is -4.58. The summed E-state index contributed by atoms with van der Waals surface area (Å²) in [7, 11) is -4.37. The lowest BCUT2D eigenvalue weighted by Crippen LogP contribution is -2.41. The van der Waals surface area contributed by atoms with Crippen molar-refractivity contribution in [2.75, 3.05) is 13.1 Å². The average Bonchev–Trinajstić information content (AvgIpc) is 2.73. The highest BCUT2D eigenvalue weighted by Crippen LogP contribution is 2.18. The molecule has 0 aliphatic carbocycles. The standard InChI is InChI=1S/C8H11F5N4O2S.ClH/c9-7(10,3-14)4-16-20(18,19)6-1-15-17(2-6)5-8(11,12)13;/h1-2,16H,3-5,14H2;1H. The van der Waals surface area contributed by atoms with E-state index in [-0.39, 0.29) is 12.4 Å². The topological polar surface area (TPSA) is 90.0 Å². The first kappa shape index (κ1) is 20.0. The highest BCUT2D eigenvalue weighted by molar-refractivity contribution is 7.89. The lowest BCUT2D eigenvalue weighted by Gasteiger charge is -2.14. The van der Waals surface area contributed by atoms with E-state index in [9.17, 15) is 30.4 Å². The molecule has 0 aromatic carbocycles. The van der Waals surface area contributed by atoms with Crippen LogP contribution in [0.1, 0.15) is 0 Å². The molecule has 13 heteroatoms. The second-order valence-corrected chi connectivity index (χ2v) is 5.64. The third kappa shape index (κ3) is 6.54. The summed E-state index contributed by atoms with van der Waals surface area (Å²) in [6.45, 7) is -3.80. The SMILES string of the molecule is Cl.NCC(F)(F)CNS(=O)(=O)c1cnn(CC(F)(F)F)c1. The predicted molar refractivity (Wildman–Crippen MR) is 64.7 cm³/mol. The van der Waals surface area contributed by atoms with Gasteiger partial charge in [0.05, 0.1) is 19.3 Å². The van der Waals surface area contributed by atoms with Crippen LogP contribution >= 0.6 is 12.4 Å². The Morgan fingerprint density at radius 3 is 2.33 bits per heavy atom. The number of hydrogen-bond acceptors (Lipinski definition) is 4. The van der Waals surface area contributed by atoms with Gasteiger partial charge in [0, 0.05) is 6.20 Å². The Bertz CT molecular complexity index is 559. The van der Waals surface area contributed by atoms with Crippen molar-refractivity contribution in [3.8, 4) is 0 Å². The lowest BCUT2D eigenvalue weighted by molar-refractivity contribution is -0.142. The van der Waals surface area contributed by atoms with Crippen LogP contribution in [0.2, 0.25) is 0 Å². The molecular formula is C8H12ClF5N4O2S. The second kappa shape index (κ2) is 6.85. The number of hydrogen-bond donors (Lipinski definition) is 2. The monoisotopic (exact) mass is 358 g/mol. The fraction of sp³-hybridized carbons (Fsp3) is 0.625. The van der Waals surface area contributed by atoms with Gasteiger partial charge in [0.15, 0.2) is 0 Å². The molecule has 1 rings (SSSR count). The van der Waals surface area contributed by atoms with Crippen LogP contribution in [0, 0.1) is 0 Å². The highest BCUT2D eigenvalue weighted by Gasteiger charge is 2.31. The minimum absolute atomic E-state index is 0. The Balaban J connectivity index is 0.00000400. The van der Waals surface area contributed by atoms with Crippen molar-refractivity contribution in [1.29, 1.82) is 0 Å². The third-order valence-corrected chi connectivity index (χ3v) is 3.44. The minimum Gasteiger partial charge on any atom is -0.325 e. The molecule has 6 nitrogen and oxygen atoms in total. The molecule has 1 heterocycles. The lowest BCUT2D eigenvalue weighted by atomic mass is 10.3. The Hall–Kier alpha value is -0.980. The number of nitrogens with one attached hydrogen (secondary N) is 1. The molecule has 0 saturated carbocycles. The number of nitrogens with zero attached hydrogens (tertiary/aromatic N) is 2. The van der Waals surface area contributed by atoms with E-state index in [1.54, 1.807) is 4.72 Å². The van der Waals surface area contributed by atoms with Gasteiger partial charge in [-0.1, -0.05) is 0 Å². The number of aromatic nitrogens is 2. The van der Waals surface area contributed by atoms with Crippen molar-refractivity contribution < 1.29 is 30.4 Å². The van der Waals surface area contributed by atoms with Crippen molar-refractivity contribution in [1.82, 2.24) is 14.5 Å². The van der Waals surface area contributed by atoms with E-state index in [1.165, 1.54) is 0 Å². The summed E-state index contributed by atoms with van der Waals surface area (Å²) in [4.78, 5) is -0.644. The summed E-state index contributed by atoms with van der Waals surface area (Å²) in [5.74, 6) is -3.45. The summed E-state index contributed by atoms with van der Waals surface area (Å²) < 4.78 is 86.8. The molecule has 0 radical (unpaired) electrons. The Labute approximate surface area is 122 Å². The maximum atomic E-state index is 12.8. The summed E-state index contributed by atoms with van der Waals surface area (Å²) in [6.07, 6.45) is -3.35. The first-order valence-electron chi connectivity index (χ1n) is 5.12. The predicted octanol–water partition coefficient (Wildman–Crippen LogP) is 0.739. The van der Waals surface area contributed by atoms with E-state index >= 15 is 0 Å². The van der Waals surface area contributed by atoms with Crippen LogP contribution in [-0.2, 0) is 16.6 Å². The van der Waals surface area contributed by atoms with E-state index in [4.69, 9.17) is 5.73 Å². The van der Waals surface area contributed by atoms with Gasteiger partial charge >= 0.3 is 6.18 Å². The molecule has 1 aromatic rings. The van der Waals surface area contributed by atoms with Crippen LogP contribution in [0.4, 0.5) is 22.0 Å². The first-order chi connectivity index (χ1) is 8.95. The number of sulfonamides is 1. The second-order valence-electron chi connectivity index (χ2n) is 3.87. The van der Waals surface area contributed by atoms with Gasteiger partial charge in [0.1, 0.15) is 11.4 Å². The van der Waals surface area contributed by atoms with Gasteiger partial charge in [-0.2, -0.15) is 18.3 Å². The zero-order valence-corrected chi connectivity index (χ0v) is 11.9. The average molecular weight is 359 g/mol. The molecular weight excluding hydrogens is 347 g/mol.